The highest BCUT2D eigenvalue weighted by Crippen LogP contribution is 2.27. The van der Waals surface area contributed by atoms with Gasteiger partial charge in [-0.2, -0.15) is 5.26 Å². The Balaban J connectivity index is 1.81. The van der Waals surface area contributed by atoms with Gasteiger partial charge < -0.3 is 10.0 Å². The second-order valence-corrected chi connectivity index (χ2v) is 5.49. The molecular formula is C18H16N2O2. The van der Waals surface area contributed by atoms with E-state index >= 15 is 0 Å². The minimum Gasteiger partial charge on any atom is -0.396 e. The minimum atomic E-state index is 0.0331. The van der Waals surface area contributed by atoms with Gasteiger partial charge in [-0.3, -0.25) is 4.79 Å². The number of nitrogens with zero attached hydrogens (tertiary/aromatic N) is 2. The van der Waals surface area contributed by atoms with Crippen molar-refractivity contribution in [2.75, 3.05) is 18.1 Å². The first-order chi connectivity index (χ1) is 10.7. The first-order valence-corrected chi connectivity index (χ1v) is 7.23. The number of hydrogen-bond acceptors (Lipinski definition) is 3. The maximum atomic E-state index is 12.0. The summed E-state index contributed by atoms with van der Waals surface area (Å²) in [5, 5.41) is 18.0. The molecule has 1 amide bonds. The first-order valence-electron chi connectivity index (χ1n) is 7.23. The lowest BCUT2D eigenvalue weighted by Crippen LogP contribution is -2.24. The fourth-order valence-corrected chi connectivity index (χ4v) is 2.72. The van der Waals surface area contributed by atoms with E-state index < -0.39 is 0 Å². The minimum absolute atomic E-state index is 0.0331. The van der Waals surface area contributed by atoms with Gasteiger partial charge in [-0.15, -0.1) is 0 Å². The van der Waals surface area contributed by atoms with Gasteiger partial charge in [0.05, 0.1) is 11.6 Å². The Morgan fingerprint density at radius 3 is 2.18 bits per heavy atom. The number of aliphatic hydroxyl groups excluding tert-OH is 1. The fraction of sp³-hybridized carbons (Fsp3) is 0.222. The molecule has 0 spiro atoms. The average Bonchev–Trinajstić information content (AvgIpc) is 2.96. The Morgan fingerprint density at radius 2 is 1.68 bits per heavy atom. The molecular weight excluding hydrogens is 276 g/mol. The van der Waals surface area contributed by atoms with E-state index in [-0.39, 0.29) is 18.4 Å². The summed E-state index contributed by atoms with van der Waals surface area (Å²) in [4.78, 5) is 13.7. The molecule has 1 fully saturated rings. The monoisotopic (exact) mass is 292 g/mol. The molecule has 1 saturated heterocycles. The second-order valence-electron chi connectivity index (χ2n) is 5.49. The summed E-state index contributed by atoms with van der Waals surface area (Å²) >= 11 is 0. The SMILES string of the molecule is N#Cc1ccc(-c2ccc(N3CC(CO)CC3=O)cc2)cc1. The van der Waals surface area contributed by atoms with Crippen molar-refractivity contribution in [3.05, 3.63) is 54.1 Å². The molecule has 0 radical (unpaired) electrons. The van der Waals surface area contributed by atoms with Crippen LogP contribution in [0.25, 0.3) is 11.1 Å². The quantitative estimate of drug-likeness (QED) is 0.945. The van der Waals surface area contributed by atoms with E-state index in [2.05, 4.69) is 6.07 Å². The zero-order valence-electron chi connectivity index (χ0n) is 12.1. The van der Waals surface area contributed by atoms with Crippen molar-refractivity contribution in [1.29, 1.82) is 5.26 Å². The zero-order valence-corrected chi connectivity index (χ0v) is 12.1. The van der Waals surface area contributed by atoms with Crippen molar-refractivity contribution in [2.24, 2.45) is 5.92 Å². The van der Waals surface area contributed by atoms with E-state index in [1.807, 2.05) is 36.4 Å². The smallest absolute Gasteiger partial charge is 0.227 e. The maximum Gasteiger partial charge on any atom is 0.227 e. The first kappa shape index (κ1) is 14.3. The Labute approximate surface area is 129 Å². The standard InChI is InChI=1S/C18H16N2O2/c19-10-13-1-3-15(4-2-13)16-5-7-17(8-6-16)20-11-14(12-21)9-18(20)22/h1-8,14,21H,9,11-12H2. The topological polar surface area (TPSA) is 64.3 Å². The highest BCUT2D eigenvalue weighted by Gasteiger charge is 2.29. The van der Waals surface area contributed by atoms with E-state index in [0.29, 0.717) is 18.5 Å². The lowest BCUT2D eigenvalue weighted by Gasteiger charge is -2.17. The van der Waals surface area contributed by atoms with Crippen LogP contribution >= 0.6 is 0 Å². The number of nitriles is 1. The van der Waals surface area contributed by atoms with E-state index in [1.165, 1.54) is 0 Å². The van der Waals surface area contributed by atoms with Crippen molar-refractivity contribution in [3.8, 4) is 17.2 Å². The Morgan fingerprint density at radius 1 is 1.09 bits per heavy atom. The highest BCUT2D eigenvalue weighted by atomic mass is 16.3. The number of hydrogen-bond donors (Lipinski definition) is 1. The third-order valence-corrected chi connectivity index (χ3v) is 3.99. The molecule has 2 aromatic rings. The number of rotatable bonds is 3. The summed E-state index contributed by atoms with van der Waals surface area (Å²) in [7, 11) is 0. The normalized spacial score (nSPS) is 17.5. The van der Waals surface area contributed by atoms with Crippen LogP contribution in [0.3, 0.4) is 0 Å². The molecule has 4 heteroatoms. The highest BCUT2D eigenvalue weighted by molar-refractivity contribution is 5.96. The predicted molar refractivity (Wildman–Crippen MR) is 84.1 cm³/mol. The molecule has 1 heterocycles. The van der Waals surface area contributed by atoms with Crippen LogP contribution in [0.5, 0.6) is 0 Å². The van der Waals surface area contributed by atoms with Crippen LogP contribution in [0.2, 0.25) is 0 Å². The van der Waals surface area contributed by atoms with Crippen LogP contribution < -0.4 is 4.90 Å². The Bertz CT molecular complexity index is 714. The van der Waals surface area contributed by atoms with Gasteiger partial charge in [0.15, 0.2) is 0 Å². The van der Waals surface area contributed by atoms with Gasteiger partial charge in [0, 0.05) is 31.2 Å². The predicted octanol–water partition coefficient (Wildman–Crippen LogP) is 2.57. The Hall–Kier alpha value is -2.64. The molecule has 1 aliphatic heterocycles. The summed E-state index contributed by atoms with van der Waals surface area (Å²) in [5.74, 6) is 0.0934. The Kier molecular flexibility index (Phi) is 3.90. The van der Waals surface area contributed by atoms with Crippen molar-refractivity contribution in [1.82, 2.24) is 0 Å². The van der Waals surface area contributed by atoms with Crippen molar-refractivity contribution >= 4 is 11.6 Å². The fourth-order valence-electron chi connectivity index (χ4n) is 2.72. The molecule has 0 bridgehead atoms. The molecule has 1 atom stereocenters. The number of benzene rings is 2. The van der Waals surface area contributed by atoms with E-state index in [0.717, 1.165) is 16.8 Å². The van der Waals surface area contributed by atoms with Gasteiger partial charge in [0.2, 0.25) is 5.91 Å². The maximum absolute atomic E-state index is 12.0. The van der Waals surface area contributed by atoms with Gasteiger partial charge in [-0.1, -0.05) is 24.3 Å². The average molecular weight is 292 g/mol. The summed E-state index contributed by atoms with van der Waals surface area (Å²) in [6, 6.07) is 17.3. The molecule has 0 aliphatic carbocycles. The molecule has 110 valence electrons. The number of aliphatic hydroxyl groups is 1. The summed E-state index contributed by atoms with van der Waals surface area (Å²) in [6.45, 7) is 0.622. The van der Waals surface area contributed by atoms with Gasteiger partial charge in [0.25, 0.3) is 0 Å². The van der Waals surface area contributed by atoms with Crippen LogP contribution in [0.4, 0.5) is 5.69 Å². The number of amides is 1. The summed E-state index contributed by atoms with van der Waals surface area (Å²) < 4.78 is 0. The number of anilines is 1. The molecule has 3 rings (SSSR count). The molecule has 22 heavy (non-hydrogen) atoms. The molecule has 4 nitrogen and oxygen atoms in total. The van der Waals surface area contributed by atoms with Gasteiger partial charge in [0.1, 0.15) is 0 Å². The van der Waals surface area contributed by atoms with E-state index in [4.69, 9.17) is 5.26 Å². The molecule has 1 unspecified atom stereocenters. The molecule has 1 N–H and O–H groups in total. The largest absolute Gasteiger partial charge is 0.396 e. The number of carbonyl (C=O) groups is 1. The van der Waals surface area contributed by atoms with Crippen LogP contribution in [0.15, 0.2) is 48.5 Å². The van der Waals surface area contributed by atoms with Crippen molar-refractivity contribution < 1.29 is 9.90 Å². The van der Waals surface area contributed by atoms with Crippen LogP contribution in [0, 0.1) is 17.2 Å². The van der Waals surface area contributed by atoms with E-state index in [9.17, 15) is 9.90 Å². The molecule has 1 aliphatic rings. The van der Waals surface area contributed by atoms with Crippen molar-refractivity contribution in [3.63, 3.8) is 0 Å². The third kappa shape index (κ3) is 2.72. The third-order valence-electron chi connectivity index (χ3n) is 3.99. The van der Waals surface area contributed by atoms with Gasteiger partial charge in [-0.25, -0.2) is 0 Å². The molecule has 0 aromatic heterocycles. The van der Waals surface area contributed by atoms with Gasteiger partial charge >= 0.3 is 0 Å². The van der Waals surface area contributed by atoms with Crippen LogP contribution in [-0.2, 0) is 4.79 Å². The van der Waals surface area contributed by atoms with Crippen LogP contribution in [-0.4, -0.2) is 24.2 Å². The van der Waals surface area contributed by atoms with Crippen molar-refractivity contribution in [2.45, 2.75) is 6.42 Å². The lowest BCUT2D eigenvalue weighted by atomic mass is 10.0. The lowest BCUT2D eigenvalue weighted by molar-refractivity contribution is -0.117. The van der Waals surface area contributed by atoms with Gasteiger partial charge in [-0.05, 0) is 35.4 Å². The van der Waals surface area contributed by atoms with E-state index in [1.54, 1.807) is 17.0 Å². The van der Waals surface area contributed by atoms with Crippen LogP contribution in [0.1, 0.15) is 12.0 Å². The molecule has 2 aromatic carbocycles. The summed E-state index contributed by atoms with van der Waals surface area (Å²) in [6.07, 6.45) is 0.411. The second kappa shape index (κ2) is 6.00. The zero-order chi connectivity index (χ0) is 15.5. The molecule has 0 saturated carbocycles. The summed E-state index contributed by atoms with van der Waals surface area (Å²) in [5.41, 5.74) is 3.57. The number of carbonyl (C=O) groups excluding carboxylic acids is 1.